The molecule has 1 aliphatic carbocycles. The third kappa shape index (κ3) is 3.14. The maximum Gasteiger partial charge on any atom is 0.266 e. The fraction of sp³-hybridized carbons (Fsp3) is 0.0952. The van der Waals surface area contributed by atoms with E-state index in [0.29, 0.717) is 22.6 Å². The van der Waals surface area contributed by atoms with Crippen molar-refractivity contribution in [1.82, 2.24) is 4.57 Å². The van der Waals surface area contributed by atoms with Crippen molar-refractivity contribution in [3.8, 4) is 5.75 Å². The van der Waals surface area contributed by atoms with Crippen molar-refractivity contribution in [2.75, 3.05) is 12.4 Å². The Morgan fingerprint density at radius 1 is 1.14 bits per heavy atom. The number of hydrogen-bond donors (Lipinski definition) is 2. The molecule has 7 heteroatoms. The summed E-state index contributed by atoms with van der Waals surface area (Å²) in [5, 5.41) is 13.2. The molecule has 0 aliphatic heterocycles. The van der Waals surface area contributed by atoms with Crippen LogP contribution in [0.25, 0.3) is 11.5 Å². The Kier molecular flexibility index (Phi) is 4.41. The summed E-state index contributed by atoms with van der Waals surface area (Å²) >= 11 is 0. The summed E-state index contributed by atoms with van der Waals surface area (Å²) in [6.07, 6.45) is 4.91. The molecular formula is C21H18N3O4+. The molecule has 2 N–H and O–H groups in total. The van der Waals surface area contributed by atoms with E-state index in [0.717, 1.165) is 0 Å². The van der Waals surface area contributed by atoms with E-state index in [1.54, 1.807) is 78.9 Å². The van der Waals surface area contributed by atoms with Gasteiger partial charge < -0.3 is 15.2 Å². The largest absolute Gasteiger partial charge is 0.503 e. The van der Waals surface area contributed by atoms with Gasteiger partial charge in [0.25, 0.3) is 5.91 Å². The first-order chi connectivity index (χ1) is 13.6. The number of methoxy groups -OCH3 is 1. The monoisotopic (exact) mass is 376 g/mol. The Morgan fingerprint density at radius 3 is 2.54 bits per heavy atom. The van der Waals surface area contributed by atoms with Gasteiger partial charge in [0.05, 0.1) is 7.11 Å². The number of hydrogen-bond acceptors (Lipinski definition) is 4. The SMILES string of the molecule is COc1ccc(NC(=O)C[n+]2ccn(C3=C(O)c4ccccc4C3=O)c2)cc1. The molecule has 0 saturated heterocycles. The number of aliphatic hydroxyl groups is 1. The zero-order valence-corrected chi connectivity index (χ0v) is 15.1. The van der Waals surface area contributed by atoms with Crippen LogP contribution in [0.15, 0.2) is 67.3 Å². The predicted octanol–water partition coefficient (Wildman–Crippen LogP) is 2.50. The quantitative estimate of drug-likeness (QED) is 0.670. The molecule has 0 saturated carbocycles. The number of nitrogens with one attached hydrogen (secondary N) is 1. The number of Topliss-reactive ketones (excluding diaryl/α,β-unsaturated/α-hetero) is 1. The molecule has 0 unspecified atom stereocenters. The number of rotatable bonds is 5. The summed E-state index contributed by atoms with van der Waals surface area (Å²) in [4.78, 5) is 24.9. The van der Waals surface area contributed by atoms with Crippen LogP contribution in [-0.4, -0.2) is 28.5 Å². The molecule has 0 fully saturated rings. The zero-order valence-electron chi connectivity index (χ0n) is 15.1. The lowest BCUT2D eigenvalue weighted by atomic mass is 10.1. The highest BCUT2D eigenvalue weighted by Crippen LogP contribution is 2.33. The van der Waals surface area contributed by atoms with Gasteiger partial charge in [-0.2, -0.15) is 4.57 Å². The fourth-order valence-electron chi connectivity index (χ4n) is 3.15. The van der Waals surface area contributed by atoms with Gasteiger partial charge in [0.1, 0.15) is 18.1 Å². The summed E-state index contributed by atoms with van der Waals surface area (Å²) in [6, 6.07) is 13.9. The van der Waals surface area contributed by atoms with Crippen LogP contribution >= 0.6 is 0 Å². The maximum atomic E-state index is 12.6. The predicted molar refractivity (Wildman–Crippen MR) is 103 cm³/mol. The van der Waals surface area contributed by atoms with E-state index < -0.39 is 0 Å². The van der Waals surface area contributed by atoms with Gasteiger partial charge in [-0.3, -0.25) is 9.59 Å². The average molecular weight is 376 g/mol. The fourth-order valence-corrected chi connectivity index (χ4v) is 3.15. The van der Waals surface area contributed by atoms with Crippen LogP contribution in [-0.2, 0) is 11.3 Å². The van der Waals surface area contributed by atoms with Gasteiger partial charge in [-0.25, -0.2) is 4.57 Å². The second-order valence-corrected chi connectivity index (χ2v) is 6.34. The molecule has 7 nitrogen and oxygen atoms in total. The van der Waals surface area contributed by atoms with E-state index in [-0.39, 0.29) is 29.7 Å². The molecule has 0 bridgehead atoms. The maximum absolute atomic E-state index is 12.6. The minimum Gasteiger partial charge on any atom is -0.503 e. The summed E-state index contributed by atoms with van der Waals surface area (Å²) in [6.45, 7) is 0.0637. The van der Waals surface area contributed by atoms with Crippen LogP contribution in [0.1, 0.15) is 15.9 Å². The van der Waals surface area contributed by atoms with E-state index in [9.17, 15) is 14.7 Å². The Morgan fingerprint density at radius 2 is 1.86 bits per heavy atom. The van der Waals surface area contributed by atoms with Gasteiger partial charge in [-0.05, 0) is 24.3 Å². The summed E-state index contributed by atoms with van der Waals surface area (Å²) in [5.41, 5.74) is 1.82. The molecule has 1 amide bonds. The number of nitrogens with zero attached hydrogens (tertiary/aromatic N) is 2. The lowest BCUT2D eigenvalue weighted by molar-refractivity contribution is -0.683. The molecule has 0 atom stereocenters. The molecule has 1 aromatic heterocycles. The molecule has 1 aliphatic rings. The lowest BCUT2D eigenvalue weighted by Gasteiger charge is -2.04. The van der Waals surface area contributed by atoms with Crippen LogP contribution in [0.2, 0.25) is 0 Å². The number of anilines is 1. The van der Waals surface area contributed by atoms with Gasteiger partial charge in [-0.15, -0.1) is 0 Å². The van der Waals surface area contributed by atoms with Crippen molar-refractivity contribution in [3.05, 3.63) is 78.4 Å². The Balaban J connectivity index is 1.48. The molecule has 1 heterocycles. The van der Waals surface area contributed by atoms with E-state index in [2.05, 4.69) is 5.32 Å². The average Bonchev–Trinajstić information content (AvgIpc) is 3.25. The van der Waals surface area contributed by atoms with Crippen LogP contribution in [0.3, 0.4) is 0 Å². The van der Waals surface area contributed by atoms with Crippen molar-refractivity contribution in [1.29, 1.82) is 0 Å². The number of amides is 1. The Labute approximate surface area is 161 Å². The first-order valence-electron chi connectivity index (χ1n) is 8.65. The Bertz CT molecular complexity index is 1100. The van der Waals surface area contributed by atoms with Gasteiger partial charge >= 0.3 is 0 Å². The number of benzene rings is 2. The third-order valence-corrected chi connectivity index (χ3v) is 4.52. The Hall–Kier alpha value is -3.87. The second kappa shape index (κ2) is 7.03. The highest BCUT2D eigenvalue weighted by atomic mass is 16.5. The van der Waals surface area contributed by atoms with Crippen LogP contribution in [0.5, 0.6) is 5.75 Å². The van der Waals surface area contributed by atoms with Crippen LogP contribution in [0, 0.1) is 0 Å². The number of carbonyl (C=O) groups is 2. The molecule has 2 aromatic carbocycles. The first kappa shape index (κ1) is 17.5. The van der Waals surface area contributed by atoms with Gasteiger partial charge in [0.15, 0.2) is 12.3 Å². The van der Waals surface area contributed by atoms with Crippen LogP contribution < -0.4 is 14.6 Å². The lowest BCUT2D eigenvalue weighted by Crippen LogP contribution is -2.38. The normalized spacial score (nSPS) is 12.8. The molecule has 3 aromatic rings. The number of aliphatic hydroxyl groups excluding tert-OH is 1. The van der Waals surface area contributed by atoms with E-state index in [4.69, 9.17) is 4.74 Å². The first-order valence-corrected chi connectivity index (χ1v) is 8.65. The van der Waals surface area contributed by atoms with Crippen molar-refractivity contribution >= 4 is 28.8 Å². The molecule has 28 heavy (non-hydrogen) atoms. The number of carbonyl (C=O) groups excluding carboxylic acids is 2. The number of imidazole rings is 1. The smallest absolute Gasteiger partial charge is 0.266 e. The molecule has 0 radical (unpaired) electrons. The summed E-state index contributed by atoms with van der Waals surface area (Å²) < 4.78 is 8.25. The van der Waals surface area contributed by atoms with Gasteiger partial charge in [0.2, 0.25) is 17.8 Å². The highest BCUT2D eigenvalue weighted by molar-refractivity contribution is 6.34. The number of aromatic nitrogens is 2. The van der Waals surface area contributed by atoms with E-state index in [1.807, 2.05) is 0 Å². The molecule has 4 rings (SSSR count). The third-order valence-electron chi connectivity index (χ3n) is 4.52. The van der Waals surface area contributed by atoms with E-state index >= 15 is 0 Å². The number of ether oxygens (including phenoxy) is 1. The minimum atomic E-state index is -0.251. The number of allylic oxidation sites excluding steroid dienone is 1. The van der Waals surface area contributed by atoms with Crippen molar-refractivity contribution in [3.63, 3.8) is 0 Å². The van der Waals surface area contributed by atoms with Crippen LogP contribution in [0.4, 0.5) is 5.69 Å². The summed E-state index contributed by atoms with van der Waals surface area (Å²) in [5.74, 6) is 0.177. The van der Waals surface area contributed by atoms with Crippen molar-refractivity contribution in [2.45, 2.75) is 6.54 Å². The minimum absolute atomic E-state index is 0.0637. The number of fused-ring (bicyclic) bond motifs is 1. The molecule has 140 valence electrons. The number of ketones is 1. The van der Waals surface area contributed by atoms with Crippen molar-refractivity contribution < 1.29 is 24.0 Å². The second-order valence-electron chi connectivity index (χ2n) is 6.34. The summed E-state index contributed by atoms with van der Waals surface area (Å²) in [7, 11) is 1.58. The van der Waals surface area contributed by atoms with Gasteiger partial charge in [-0.1, -0.05) is 24.3 Å². The van der Waals surface area contributed by atoms with E-state index in [1.165, 1.54) is 4.57 Å². The topological polar surface area (TPSA) is 84.4 Å². The zero-order chi connectivity index (χ0) is 19.7. The molecule has 0 spiro atoms. The van der Waals surface area contributed by atoms with Crippen molar-refractivity contribution in [2.24, 2.45) is 0 Å². The molecular weight excluding hydrogens is 358 g/mol. The van der Waals surface area contributed by atoms with Gasteiger partial charge in [0, 0.05) is 16.8 Å². The standard InChI is InChI=1S/C21H17N3O4/c1-28-15-8-6-14(7-9-15)22-18(25)12-23-10-11-24(13-23)19-20(26)16-4-2-3-5-17(16)21(19)27/h2-11,13H,12H2,1H3,(H-,22,25,26,27)/p+1. The highest BCUT2D eigenvalue weighted by Gasteiger charge is 2.34.